The number of anilines is 1. The number of carbonyl (C=O) groups excluding carboxylic acids is 1. The molecule has 1 aromatic carbocycles. The molecule has 23 heavy (non-hydrogen) atoms. The number of hydrogen-bond donors (Lipinski definition) is 1. The molecule has 0 radical (unpaired) electrons. The highest BCUT2D eigenvalue weighted by atomic mass is 35.5. The number of carbonyl (C=O) groups is 1. The summed E-state index contributed by atoms with van der Waals surface area (Å²) < 4.78 is 13.9. The highest BCUT2D eigenvalue weighted by molar-refractivity contribution is 6.29. The number of fused-ring (bicyclic) bond motifs is 1. The lowest BCUT2D eigenvalue weighted by Gasteiger charge is -2.11. The number of aromatic nitrogens is 1. The van der Waals surface area contributed by atoms with Crippen LogP contribution in [-0.4, -0.2) is 16.8 Å². The molecule has 3 nitrogen and oxygen atoms in total. The summed E-state index contributed by atoms with van der Waals surface area (Å²) >= 11 is 11.6. The largest absolute Gasteiger partial charge is 0.324 e. The van der Waals surface area contributed by atoms with Crippen LogP contribution in [0.1, 0.15) is 23.2 Å². The SMILES string of the molecule is O=C(CCCl)Nc1ccc(Cl)nc1C1=Cc2c(F)cccc2C1. The van der Waals surface area contributed by atoms with E-state index in [0.717, 1.165) is 11.1 Å². The Morgan fingerprint density at radius 1 is 1.30 bits per heavy atom. The molecule has 0 spiro atoms. The minimum Gasteiger partial charge on any atom is -0.324 e. The topological polar surface area (TPSA) is 42.0 Å². The molecule has 0 atom stereocenters. The second-order valence-electron chi connectivity index (χ2n) is 5.18. The third-order valence-corrected chi connectivity index (χ3v) is 4.00. The van der Waals surface area contributed by atoms with E-state index in [9.17, 15) is 9.18 Å². The Morgan fingerprint density at radius 3 is 2.87 bits per heavy atom. The molecule has 6 heteroatoms. The van der Waals surface area contributed by atoms with E-state index in [0.29, 0.717) is 28.5 Å². The zero-order chi connectivity index (χ0) is 16.4. The zero-order valence-electron chi connectivity index (χ0n) is 12.1. The maximum Gasteiger partial charge on any atom is 0.225 e. The van der Waals surface area contributed by atoms with E-state index < -0.39 is 0 Å². The molecule has 0 fully saturated rings. The second kappa shape index (κ2) is 6.69. The number of amides is 1. The number of nitrogens with one attached hydrogen (secondary N) is 1. The summed E-state index contributed by atoms with van der Waals surface area (Å²) in [5.41, 5.74) is 3.36. The lowest BCUT2D eigenvalue weighted by atomic mass is 10.1. The average Bonchev–Trinajstić information content (AvgIpc) is 2.95. The molecule has 0 saturated carbocycles. The first kappa shape index (κ1) is 16.0. The van der Waals surface area contributed by atoms with Gasteiger partial charge in [-0.25, -0.2) is 9.37 Å². The van der Waals surface area contributed by atoms with Crippen molar-refractivity contribution in [2.75, 3.05) is 11.2 Å². The molecule has 2 aromatic rings. The molecule has 1 aliphatic rings. The van der Waals surface area contributed by atoms with Gasteiger partial charge in [-0.05, 0) is 35.4 Å². The van der Waals surface area contributed by atoms with Gasteiger partial charge >= 0.3 is 0 Å². The summed E-state index contributed by atoms with van der Waals surface area (Å²) in [6.07, 6.45) is 2.50. The van der Waals surface area contributed by atoms with Crippen molar-refractivity contribution < 1.29 is 9.18 Å². The molecule has 0 saturated heterocycles. The summed E-state index contributed by atoms with van der Waals surface area (Å²) in [4.78, 5) is 16.1. The summed E-state index contributed by atoms with van der Waals surface area (Å²) in [6, 6.07) is 8.27. The normalized spacial score (nSPS) is 12.7. The van der Waals surface area contributed by atoms with Crippen LogP contribution in [0.4, 0.5) is 10.1 Å². The molecule has 3 rings (SSSR count). The first-order valence-electron chi connectivity index (χ1n) is 7.09. The van der Waals surface area contributed by atoms with Crippen molar-refractivity contribution in [1.82, 2.24) is 4.98 Å². The molecular weight excluding hydrogens is 338 g/mol. The third kappa shape index (κ3) is 3.38. The van der Waals surface area contributed by atoms with Crippen molar-refractivity contribution in [3.63, 3.8) is 0 Å². The van der Waals surface area contributed by atoms with Gasteiger partial charge in [0.05, 0.1) is 11.4 Å². The van der Waals surface area contributed by atoms with Crippen molar-refractivity contribution >= 4 is 46.4 Å². The number of halogens is 3. The van der Waals surface area contributed by atoms with E-state index in [-0.39, 0.29) is 24.0 Å². The van der Waals surface area contributed by atoms with Gasteiger partial charge < -0.3 is 5.32 Å². The number of alkyl halides is 1. The van der Waals surface area contributed by atoms with Crippen LogP contribution in [0.3, 0.4) is 0 Å². The fourth-order valence-electron chi connectivity index (χ4n) is 2.56. The third-order valence-electron chi connectivity index (χ3n) is 3.60. The monoisotopic (exact) mass is 350 g/mol. The standard InChI is InChI=1S/C17H13Cl2FN2O/c18-7-6-16(23)21-14-4-5-15(19)22-17(14)11-8-10-2-1-3-13(20)12(10)9-11/h1-5,9H,6-8H2,(H,21,23). The molecule has 1 aliphatic carbocycles. The molecule has 1 heterocycles. The predicted octanol–water partition coefficient (Wildman–Crippen LogP) is 4.54. The molecular formula is C17H13Cl2FN2O. The Bertz CT molecular complexity index is 805. The summed E-state index contributed by atoms with van der Waals surface area (Å²) in [6.45, 7) is 0. The van der Waals surface area contributed by atoms with Crippen LogP contribution in [0.25, 0.3) is 11.6 Å². The molecule has 1 amide bonds. The van der Waals surface area contributed by atoms with E-state index in [1.807, 2.05) is 6.07 Å². The van der Waals surface area contributed by atoms with Gasteiger partial charge in [0.15, 0.2) is 0 Å². The minimum atomic E-state index is -0.271. The predicted molar refractivity (Wildman–Crippen MR) is 91.2 cm³/mol. The first-order chi connectivity index (χ1) is 11.1. The van der Waals surface area contributed by atoms with E-state index in [2.05, 4.69) is 10.3 Å². The molecule has 0 aliphatic heterocycles. The van der Waals surface area contributed by atoms with Crippen LogP contribution < -0.4 is 5.32 Å². The lowest BCUT2D eigenvalue weighted by molar-refractivity contribution is -0.115. The quantitative estimate of drug-likeness (QED) is 0.649. The molecule has 0 bridgehead atoms. The maximum absolute atomic E-state index is 13.9. The summed E-state index contributed by atoms with van der Waals surface area (Å²) in [5.74, 6) is -0.235. The van der Waals surface area contributed by atoms with E-state index in [4.69, 9.17) is 23.2 Å². The Balaban J connectivity index is 1.97. The number of hydrogen-bond acceptors (Lipinski definition) is 2. The van der Waals surface area contributed by atoms with Crippen molar-refractivity contribution in [1.29, 1.82) is 0 Å². The van der Waals surface area contributed by atoms with E-state index in [1.165, 1.54) is 6.07 Å². The number of benzene rings is 1. The van der Waals surface area contributed by atoms with Gasteiger partial charge in [-0.2, -0.15) is 0 Å². The molecule has 1 N–H and O–H groups in total. The first-order valence-corrected chi connectivity index (χ1v) is 8.00. The smallest absolute Gasteiger partial charge is 0.225 e. The fraction of sp³-hybridized carbons (Fsp3) is 0.176. The molecule has 118 valence electrons. The summed E-state index contributed by atoms with van der Waals surface area (Å²) in [5, 5.41) is 3.09. The van der Waals surface area contributed by atoms with Crippen molar-refractivity contribution in [2.24, 2.45) is 0 Å². The van der Waals surface area contributed by atoms with E-state index in [1.54, 1.807) is 24.3 Å². The van der Waals surface area contributed by atoms with Crippen LogP contribution >= 0.6 is 23.2 Å². The zero-order valence-corrected chi connectivity index (χ0v) is 13.6. The van der Waals surface area contributed by atoms with Crippen LogP contribution in [0, 0.1) is 5.82 Å². The number of rotatable bonds is 4. The average molecular weight is 351 g/mol. The van der Waals surface area contributed by atoms with Crippen molar-refractivity contribution in [3.05, 3.63) is 58.1 Å². The van der Waals surface area contributed by atoms with Crippen molar-refractivity contribution in [3.8, 4) is 0 Å². The Morgan fingerprint density at radius 2 is 2.13 bits per heavy atom. The van der Waals surface area contributed by atoms with Crippen LogP contribution in [0.15, 0.2) is 30.3 Å². The highest BCUT2D eigenvalue weighted by Crippen LogP contribution is 2.35. The van der Waals surface area contributed by atoms with Gasteiger partial charge in [0.25, 0.3) is 0 Å². The Hall–Kier alpha value is -1.91. The fourth-order valence-corrected chi connectivity index (χ4v) is 2.88. The second-order valence-corrected chi connectivity index (χ2v) is 5.94. The van der Waals surface area contributed by atoms with Gasteiger partial charge in [0, 0.05) is 24.3 Å². The number of nitrogens with zero attached hydrogens (tertiary/aromatic N) is 1. The molecule has 1 aromatic heterocycles. The maximum atomic E-state index is 13.9. The van der Waals surface area contributed by atoms with Crippen LogP contribution in [-0.2, 0) is 11.2 Å². The van der Waals surface area contributed by atoms with Crippen molar-refractivity contribution in [2.45, 2.75) is 12.8 Å². The van der Waals surface area contributed by atoms with Crippen LogP contribution in [0.2, 0.25) is 5.15 Å². The lowest BCUT2D eigenvalue weighted by Crippen LogP contribution is -2.13. The summed E-state index contributed by atoms with van der Waals surface area (Å²) in [7, 11) is 0. The van der Waals surface area contributed by atoms with Gasteiger partial charge in [-0.1, -0.05) is 23.7 Å². The Labute approximate surface area is 143 Å². The minimum absolute atomic E-state index is 0.201. The van der Waals surface area contributed by atoms with Gasteiger partial charge in [-0.3, -0.25) is 4.79 Å². The number of pyridine rings is 1. The van der Waals surface area contributed by atoms with Gasteiger partial charge in [0.1, 0.15) is 11.0 Å². The van der Waals surface area contributed by atoms with Crippen LogP contribution in [0.5, 0.6) is 0 Å². The van der Waals surface area contributed by atoms with E-state index >= 15 is 0 Å². The highest BCUT2D eigenvalue weighted by Gasteiger charge is 2.21. The van der Waals surface area contributed by atoms with Gasteiger partial charge in [0.2, 0.25) is 5.91 Å². The Kier molecular flexibility index (Phi) is 4.64. The molecule has 0 unspecified atom stereocenters. The van der Waals surface area contributed by atoms with Gasteiger partial charge in [-0.15, -0.1) is 11.6 Å². The number of allylic oxidation sites excluding steroid dienone is 1.